The summed E-state index contributed by atoms with van der Waals surface area (Å²) in [4.78, 5) is 12.8. The molecule has 3 aromatic rings. The van der Waals surface area contributed by atoms with Crippen LogP contribution in [0.25, 0.3) is 0 Å². The van der Waals surface area contributed by atoms with Crippen LogP contribution in [0.5, 0.6) is 5.75 Å². The summed E-state index contributed by atoms with van der Waals surface area (Å²) < 4.78 is 13.9. The molecule has 0 amide bonds. The molecule has 1 unspecified atom stereocenters. The molecular formula is C21H20BrN5O3. The van der Waals surface area contributed by atoms with Gasteiger partial charge in [0.1, 0.15) is 18.4 Å². The van der Waals surface area contributed by atoms with Crippen LogP contribution >= 0.6 is 15.9 Å². The molecule has 1 atom stereocenters. The van der Waals surface area contributed by atoms with Crippen molar-refractivity contribution in [2.45, 2.75) is 26.5 Å². The monoisotopic (exact) mass is 469 g/mol. The second kappa shape index (κ2) is 8.66. The topological polar surface area (TPSA) is 91.2 Å². The van der Waals surface area contributed by atoms with E-state index in [0.29, 0.717) is 29.6 Å². The van der Waals surface area contributed by atoms with Crippen molar-refractivity contribution in [3.8, 4) is 5.75 Å². The number of tetrazole rings is 1. The van der Waals surface area contributed by atoms with E-state index in [9.17, 15) is 4.79 Å². The number of benzene rings is 2. The maximum atomic E-state index is 12.8. The predicted octanol–water partition coefficient (Wildman–Crippen LogP) is 3.87. The first-order valence-electron chi connectivity index (χ1n) is 9.47. The molecule has 0 bridgehead atoms. The number of aromatic nitrogens is 4. The van der Waals surface area contributed by atoms with Gasteiger partial charge in [-0.2, -0.15) is 4.68 Å². The van der Waals surface area contributed by atoms with Crippen LogP contribution < -0.4 is 10.1 Å². The van der Waals surface area contributed by atoms with E-state index in [1.165, 1.54) is 0 Å². The highest BCUT2D eigenvalue weighted by atomic mass is 79.9. The third kappa shape index (κ3) is 3.93. The van der Waals surface area contributed by atoms with Gasteiger partial charge >= 0.3 is 5.97 Å². The zero-order valence-corrected chi connectivity index (χ0v) is 18.1. The minimum absolute atomic E-state index is 0.265. The molecule has 1 aliphatic rings. The Balaban J connectivity index is 1.79. The van der Waals surface area contributed by atoms with Crippen LogP contribution in [0.2, 0.25) is 0 Å². The fourth-order valence-electron chi connectivity index (χ4n) is 3.37. The number of hydrogen-bond acceptors (Lipinski definition) is 7. The number of halogens is 1. The Kier molecular flexibility index (Phi) is 5.80. The Hall–Kier alpha value is -3.20. The van der Waals surface area contributed by atoms with Crippen molar-refractivity contribution >= 4 is 27.8 Å². The highest BCUT2D eigenvalue weighted by molar-refractivity contribution is 9.10. The molecule has 0 aliphatic carbocycles. The molecule has 1 N–H and O–H groups in total. The third-order valence-electron chi connectivity index (χ3n) is 4.71. The summed E-state index contributed by atoms with van der Waals surface area (Å²) in [5.41, 5.74) is 2.85. The zero-order valence-electron chi connectivity index (χ0n) is 16.5. The molecule has 2 heterocycles. The smallest absolute Gasteiger partial charge is 0.338 e. The van der Waals surface area contributed by atoms with Gasteiger partial charge in [0.25, 0.3) is 0 Å². The number of hydrogen-bond donors (Lipinski definition) is 1. The SMILES string of the molecule is CCOC(=O)C1=C(C)Nc2nnnn2C1c1cc(Br)ccc1OCc1ccccc1. The molecule has 8 nitrogen and oxygen atoms in total. The zero-order chi connectivity index (χ0) is 21.1. The van der Waals surface area contributed by atoms with Crippen molar-refractivity contribution in [1.82, 2.24) is 20.2 Å². The number of anilines is 1. The van der Waals surface area contributed by atoms with Gasteiger partial charge in [-0.05, 0) is 48.0 Å². The second-order valence-corrected chi connectivity index (χ2v) is 7.61. The highest BCUT2D eigenvalue weighted by Gasteiger charge is 2.36. The Labute approximate surface area is 182 Å². The van der Waals surface area contributed by atoms with E-state index in [4.69, 9.17) is 9.47 Å². The van der Waals surface area contributed by atoms with E-state index in [1.54, 1.807) is 18.5 Å². The molecular weight excluding hydrogens is 450 g/mol. The van der Waals surface area contributed by atoms with Gasteiger partial charge in [-0.3, -0.25) is 0 Å². The fourth-order valence-corrected chi connectivity index (χ4v) is 3.75. The Morgan fingerprint density at radius 2 is 2.03 bits per heavy atom. The van der Waals surface area contributed by atoms with E-state index in [-0.39, 0.29) is 6.61 Å². The number of carbonyl (C=O) groups is 1. The average Bonchev–Trinajstić information content (AvgIpc) is 3.20. The molecule has 0 saturated carbocycles. The molecule has 30 heavy (non-hydrogen) atoms. The molecule has 154 valence electrons. The summed E-state index contributed by atoms with van der Waals surface area (Å²) in [5, 5.41) is 15.0. The number of nitrogens with zero attached hydrogens (tertiary/aromatic N) is 4. The van der Waals surface area contributed by atoms with Gasteiger partial charge in [-0.15, -0.1) is 0 Å². The number of allylic oxidation sites excluding steroid dienone is 1. The van der Waals surface area contributed by atoms with Crippen LogP contribution in [-0.2, 0) is 16.1 Å². The molecule has 0 radical (unpaired) electrons. The van der Waals surface area contributed by atoms with Crippen molar-refractivity contribution in [3.63, 3.8) is 0 Å². The maximum Gasteiger partial charge on any atom is 0.338 e. The van der Waals surface area contributed by atoms with Crippen molar-refractivity contribution < 1.29 is 14.3 Å². The number of nitrogens with one attached hydrogen (secondary N) is 1. The van der Waals surface area contributed by atoms with Crippen molar-refractivity contribution in [3.05, 3.63) is 75.4 Å². The van der Waals surface area contributed by atoms with Crippen molar-refractivity contribution in [2.75, 3.05) is 11.9 Å². The van der Waals surface area contributed by atoms with E-state index in [1.807, 2.05) is 48.5 Å². The summed E-state index contributed by atoms with van der Waals surface area (Å²) in [5.74, 6) is 0.646. The molecule has 4 rings (SSSR count). The van der Waals surface area contributed by atoms with E-state index < -0.39 is 12.0 Å². The predicted molar refractivity (Wildman–Crippen MR) is 114 cm³/mol. The highest BCUT2D eigenvalue weighted by Crippen LogP contribution is 2.40. The Bertz CT molecular complexity index is 1100. The standard InChI is InChI=1S/C21H20BrN5O3/c1-3-29-20(28)18-13(2)23-21-24-25-26-27(21)19(18)16-11-15(22)9-10-17(16)30-12-14-7-5-4-6-8-14/h4-11,19H,3,12H2,1-2H3,(H,23,24,26). The van der Waals surface area contributed by atoms with Crippen LogP contribution in [0.1, 0.15) is 31.0 Å². The molecule has 0 saturated heterocycles. The molecule has 1 aliphatic heterocycles. The Morgan fingerprint density at radius 1 is 1.23 bits per heavy atom. The largest absolute Gasteiger partial charge is 0.489 e. The normalized spacial score (nSPS) is 15.4. The quantitative estimate of drug-likeness (QED) is 0.547. The first-order valence-corrected chi connectivity index (χ1v) is 10.3. The Morgan fingerprint density at radius 3 is 2.80 bits per heavy atom. The van der Waals surface area contributed by atoms with Crippen LogP contribution in [0.15, 0.2) is 64.3 Å². The summed E-state index contributed by atoms with van der Waals surface area (Å²) in [6.45, 7) is 4.23. The van der Waals surface area contributed by atoms with Crippen molar-refractivity contribution in [2.24, 2.45) is 0 Å². The molecule has 1 aromatic heterocycles. The van der Waals surface area contributed by atoms with Crippen molar-refractivity contribution in [1.29, 1.82) is 0 Å². The maximum absolute atomic E-state index is 12.8. The summed E-state index contributed by atoms with van der Waals surface area (Å²) >= 11 is 3.53. The van der Waals surface area contributed by atoms with Gasteiger partial charge in [-0.25, -0.2) is 4.79 Å². The molecule has 9 heteroatoms. The summed E-state index contributed by atoms with van der Waals surface area (Å²) in [6.07, 6.45) is 0. The minimum atomic E-state index is -0.599. The average molecular weight is 470 g/mol. The molecule has 2 aromatic carbocycles. The van der Waals surface area contributed by atoms with Crippen LogP contribution in [0.3, 0.4) is 0 Å². The van der Waals surface area contributed by atoms with Gasteiger partial charge in [0.2, 0.25) is 5.95 Å². The number of rotatable bonds is 6. The second-order valence-electron chi connectivity index (χ2n) is 6.69. The van der Waals surface area contributed by atoms with Crippen LogP contribution in [-0.4, -0.2) is 32.8 Å². The molecule has 0 spiro atoms. The lowest BCUT2D eigenvalue weighted by Crippen LogP contribution is -2.30. The van der Waals surface area contributed by atoms with Gasteiger partial charge in [0.15, 0.2) is 0 Å². The van der Waals surface area contributed by atoms with E-state index >= 15 is 0 Å². The minimum Gasteiger partial charge on any atom is -0.489 e. The lowest BCUT2D eigenvalue weighted by atomic mass is 9.95. The van der Waals surface area contributed by atoms with Crippen LogP contribution in [0, 0.1) is 0 Å². The van der Waals surface area contributed by atoms with Gasteiger partial charge in [0, 0.05) is 15.7 Å². The first kappa shape index (κ1) is 20.1. The number of ether oxygens (including phenoxy) is 2. The van der Waals surface area contributed by atoms with E-state index in [2.05, 4.69) is 36.8 Å². The lowest BCUT2D eigenvalue weighted by Gasteiger charge is -2.28. The summed E-state index contributed by atoms with van der Waals surface area (Å²) in [6, 6.07) is 15.0. The first-order chi connectivity index (χ1) is 14.6. The number of esters is 1. The van der Waals surface area contributed by atoms with Crippen LogP contribution in [0.4, 0.5) is 5.95 Å². The molecule has 0 fully saturated rings. The van der Waals surface area contributed by atoms with Gasteiger partial charge < -0.3 is 14.8 Å². The van der Waals surface area contributed by atoms with Gasteiger partial charge in [0.05, 0.1) is 12.2 Å². The number of fused-ring (bicyclic) bond motifs is 1. The van der Waals surface area contributed by atoms with E-state index in [0.717, 1.165) is 15.6 Å². The number of carbonyl (C=O) groups excluding carboxylic acids is 1. The lowest BCUT2D eigenvalue weighted by molar-refractivity contribution is -0.139. The summed E-state index contributed by atoms with van der Waals surface area (Å²) in [7, 11) is 0. The fraction of sp³-hybridized carbons (Fsp3) is 0.238. The third-order valence-corrected chi connectivity index (χ3v) is 5.21. The van der Waals surface area contributed by atoms with Gasteiger partial charge in [-0.1, -0.05) is 51.4 Å².